The Morgan fingerprint density at radius 3 is 2.37 bits per heavy atom. The molecule has 0 aliphatic heterocycles. The number of sulfone groups is 1. The van der Waals surface area contributed by atoms with Crippen molar-refractivity contribution in [1.29, 1.82) is 5.26 Å². The van der Waals surface area contributed by atoms with Gasteiger partial charge in [0.2, 0.25) is 27.5 Å². The largest absolute Gasteiger partial charge is 0.480 e. The van der Waals surface area contributed by atoms with Crippen LogP contribution in [0.4, 0.5) is 11.5 Å². The number of hydrogen-bond donors (Lipinski definition) is 4. The lowest BCUT2D eigenvalue weighted by Gasteiger charge is -2.20. The van der Waals surface area contributed by atoms with Crippen molar-refractivity contribution in [3.05, 3.63) is 39.4 Å². The van der Waals surface area contributed by atoms with Gasteiger partial charge in [-0.1, -0.05) is 6.92 Å². The van der Waals surface area contributed by atoms with Gasteiger partial charge < -0.3 is 26.6 Å². The first-order chi connectivity index (χ1) is 16.2. The van der Waals surface area contributed by atoms with E-state index in [-0.39, 0.29) is 16.9 Å². The second-order valence-corrected chi connectivity index (χ2v) is 8.88. The predicted octanol–water partition coefficient (Wildman–Crippen LogP) is -0.462. The van der Waals surface area contributed by atoms with E-state index in [1.807, 2.05) is 0 Å². The third-order valence-electron chi connectivity index (χ3n) is 4.44. The van der Waals surface area contributed by atoms with E-state index < -0.39 is 67.0 Å². The van der Waals surface area contributed by atoms with Gasteiger partial charge in [-0.15, -0.1) is 0 Å². The van der Waals surface area contributed by atoms with Crippen molar-refractivity contribution >= 4 is 39.1 Å². The van der Waals surface area contributed by atoms with E-state index in [9.17, 15) is 38.0 Å². The van der Waals surface area contributed by atoms with E-state index in [1.165, 1.54) is 0 Å². The molecule has 1 aromatic heterocycles. The Kier molecular flexibility index (Phi) is 7.52. The van der Waals surface area contributed by atoms with Crippen molar-refractivity contribution in [2.75, 3.05) is 11.6 Å². The molecule has 0 saturated heterocycles. The first kappa shape index (κ1) is 26.4. The molecule has 0 radical (unpaired) electrons. The first-order valence-electron chi connectivity index (χ1n) is 9.24. The van der Waals surface area contributed by atoms with Gasteiger partial charge in [0.05, 0.1) is 28.0 Å². The van der Waals surface area contributed by atoms with Gasteiger partial charge >= 0.3 is 17.5 Å². The van der Waals surface area contributed by atoms with Crippen LogP contribution in [0, 0.1) is 27.4 Å². The molecule has 0 saturated carbocycles. The maximum atomic E-state index is 12.1. The molecule has 6 N–H and O–H groups in total. The highest BCUT2D eigenvalue weighted by Crippen LogP contribution is 2.37. The summed E-state index contributed by atoms with van der Waals surface area (Å²) >= 11 is 0. The second-order valence-electron chi connectivity index (χ2n) is 6.97. The van der Waals surface area contributed by atoms with Crippen LogP contribution >= 0.6 is 0 Å². The molecule has 17 heteroatoms. The summed E-state index contributed by atoms with van der Waals surface area (Å²) in [7, 11) is -4.23. The van der Waals surface area contributed by atoms with Crippen molar-refractivity contribution in [3.63, 3.8) is 0 Å². The molecule has 184 valence electrons. The number of nitrogens with zero attached hydrogens (tertiary/aromatic N) is 4. The summed E-state index contributed by atoms with van der Waals surface area (Å²) < 4.78 is 29.5. The molecule has 0 spiro atoms. The lowest BCUT2D eigenvalue weighted by Crippen LogP contribution is -2.42. The summed E-state index contributed by atoms with van der Waals surface area (Å²) in [5.74, 6) is -7.31. The number of nitriles is 1. The maximum Gasteiger partial charge on any atom is 0.373 e. The summed E-state index contributed by atoms with van der Waals surface area (Å²) in [5, 5.41) is 31.5. The van der Waals surface area contributed by atoms with Crippen LogP contribution < -0.4 is 21.5 Å². The molecule has 2 aromatic rings. The minimum atomic E-state index is -4.23. The number of benzene rings is 1. The fraction of sp³-hybridized carbons (Fsp3) is 0.222. The Balaban J connectivity index is 2.77. The molecule has 0 bridgehead atoms. The van der Waals surface area contributed by atoms with Crippen molar-refractivity contribution in [1.82, 2.24) is 9.97 Å². The minimum Gasteiger partial charge on any atom is -0.480 e. The third-order valence-corrected chi connectivity index (χ3v) is 5.29. The second kappa shape index (κ2) is 9.96. The molecule has 2 rings (SSSR count). The number of hydrogen-bond acceptors (Lipinski definition) is 12. The average molecular weight is 507 g/mol. The van der Waals surface area contributed by atoms with Gasteiger partial charge in [-0.3, -0.25) is 19.7 Å². The SMILES string of the molecule is CC(C(N)=O)C(Nc1nc(S(C)(=O)=O)nc(Oc2ccc(C#N)c(C(N)=O)c2)c1[N+](=O)[O-])C(=O)O. The van der Waals surface area contributed by atoms with Crippen LogP contribution in [0.15, 0.2) is 23.4 Å². The number of ether oxygens (including phenoxy) is 1. The average Bonchev–Trinajstić information content (AvgIpc) is 2.75. The number of nitro groups is 1. The van der Waals surface area contributed by atoms with Crippen LogP contribution in [-0.4, -0.2) is 58.5 Å². The summed E-state index contributed by atoms with van der Waals surface area (Å²) in [6.07, 6.45) is 0.676. The van der Waals surface area contributed by atoms with Gasteiger partial charge in [0.25, 0.3) is 5.16 Å². The van der Waals surface area contributed by atoms with E-state index in [0.29, 0.717) is 6.26 Å². The normalized spacial score (nSPS) is 12.6. The zero-order valence-electron chi connectivity index (χ0n) is 18.0. The smallest absolute Gasteiger partial charge is 0.373 e. The van der Waals surface area contributed by atoms with Gasteiger partial charge in [-0.2, -0.15) is 15.2 Å². The van der Waals surface area contributed by atoms with Crippen LogP contribution in [0.3, 0.4) is 0 Å². The van der Waals surface area contributed by atoms with Crippen molar-refractivity contribution in [3.8, 4) is 17.7 Å². The van der Waals surface area contributed by atoms with E-state index in [4.69, 9.17) is 21.5 Å². The molecule has 2 amide bonds. The number of rotatable bonds is 10. The van der Waals surface area contributed by atoms with Gasteiger partial charge in [-0.05, 0) is 18.2 Å². The number of nitrogens with one attached hydrogen (secondary N) is 1. The number of primary amides is 2. The van der Waals surface area contributed by atoms with Crippen LogP contribution in [0.5, 0.6) is 11.6 Å². The van der Waals surface area contributed by atoms with Crippen LogP contribution in [0.25, 0.3) is 0 Å². The Morgan fingerprint density at radius 2 is 1.91 bits per heavy atom. The van der Waals surface area contributed by atoms with Crippen LogP contribution in [-0.2, 0) is 19.4 Å². The predicted molar refractivity (Wildman–Crippen MR) is 115 cm³/mol. The number of aromatic nitrogens is 2. The number of carboxylic acids is 1. The van der Waals surface area contributed by atoms with Crippen molar-refractivity contribution in [2.24, 2.45) is 17.4 Å². The molecular formula is C18H17N7O9S. The number of aliphatic carboxylic acids is 1. The summed E-state index contributed by atoms with van der Waals surface area (Å²) in [6, 6.07) is 3.08. The summed E-state index contributed by atoms with van der Waals surface area (Å²) in [5.41, 5.74) is 8.81. The monoisotopic (exact) mass is 507 g/mol. The van der Waals surface area contributed by atoms with Gasteiger partial charge in [0.1, 0.15) is 11.8 Å². The van der Waals surface area contributed by atoms with Crippen LogP contribution in [0.1, 0.15) is 22.8 Å². The third kappa shape index (κ3) is 5.94. The fourth-order valence-electron chi connectivity index (χ4n) is 2.63. The summed E-state index contributed by atoms with van der Waals surface area (Å²) in [6.45, 7) is 1.12. The van der Waals surface area contributed by atoms with Crippen molar-refractivity contribution in [2.45, 2.75) is 18.1 Å². The number of carbonyl (C=O) groups is 3. The molecular weight excluding hydrogens is 490 g/mol. The quantitative estimate of drug-likeness (QED) is 0.180. The van der Waals surface area contributed by atoms with Crippen LogP contribution in [0.2, 0.25) is 0 Å². The molecule has 35 heavy (non-hydrogen) atoms. The molecule has 0 aliphatic carbocycles. The molecule has 2 unspecified atom stereocenters. The Morgan fingerprint density at radius 1 is 1.29 bits per heavy atom. The minimum absolute atomic E-state index is 0.133. The maximum absolute atomic E-state index is 12.1. The highest BCUT2D eigenvalue weighted by Gasteiger charge is 2.35. The van der Waals surface area contributed by atoms with E-state index >= 15 is 0 Å². The number of carbonyl (C=O) groups excluding carboxylic acids is 2. The number of anilines is 1. The van der Waals surface area contributed by atoms with E-state index in [0.717, 1.165) is 25.1 Å². The molecule has 0 fully saturated rings. The Hall–Kier alpha value is -4.85. The number of amides is 2. The molecule has 2 atom stereocenters. The molecule has 1 heterocycles. The number of nitrogens with two attached hydrogens (primary N) is 2. The van der Waals surface area contributed by atoms with Gasteiger partial charge in [0, 0.05) is 6.26 Å². The molecule has 0 aliphatic rings. The molecule has 16 nitrogen and oxygen atoms in total. The van der Waals surface area contributed by atoms with Gasteiger partial charge in [0.15, 0.2) is 0 Å². The highest BCUT2D eigenvalue weighted by atomic mass is 32.2. The molecule has 1 aromatic carbocycles. The standard InChI is InChI=1S/C18H17N7O9S/c1-7(13(20)26)11(17(28)29)22-15-12(25(30)31)16(24-18(23-15)35(2,32)33)34-9-4-3-8(6-19)10(5-9)14(21)27/h3-5,7,11H,1-2H3,(H2,20,26)(H2,21,27)(H,28,29)(H,22,23,24). The fourth-order valence-corrected chi connectivity index (χ4v) is 3.13. The Labute approximate surface area is 196 Å². The first-order valence-corrected chi connectivity index (χ1v) is 11.1. The van der Waals surface area contributed by atoms with E-state index in [1.54, 1.807) is 6.07 Å². The highest BCUT2D eigenvalue weighted by molar-refractivity contribution is 7.90. The topological polar surface area (TPSA) is 272 Å². The Bertz CT molecular complexity index is 1390. The zero-order valence-corrected chi connectivity index (χ0v) is 18.8. The lowest BCUT2D eigenvalue weighted by atomic mass is 10.0. The van der Waals surface area contributed by atoms with Crippen molar-refractivity contribution < 1.29 is 37.6 Å². The lowest BCUT2D eigenvalue weighted by molar-refractivity contribution is -0.385. The summed E-state index contributed by atoms with van der Waals surface area (Å²) in [4.78, 5) is 52.6. The van der Waals surface area contributed by atoms with E-state index in [2.05, 4.69) is 15.3 Å². The number of carboxylic acid groups (broad SMARTS) is 1. The van der Waals surface area contributed by atoms with Gasteiger partial charge in [-0.25, -0.2) is 13.2 Å². The zero-order chi connectivity index (χ0) is 26.7.